The molecule has 3 aromatic heterocycles. The highest BCUT2D eigenvalue weighted by atomic mass is 32.1. The second-order valence-electron chi connectivity index (χ2n) is 13.5. The number of thiophene rings is 1. The van der Waals surface area contributed by atoms with Crippen LogP contribution in [0.5, 0.6) is 0 Å². The summed E-state index contributed by atoms with van der Waals surface area (Å²) >= 11 is 1.74. The molecule has 9 rings (SSSR count). The Morgan fingerprint density at radius 1 is 0.500 bits per heavy atom. The van der Waals surface area contributed by atoms with E-state index in [0.29, 0.717) is 0 Å². The third-order valence-electron chi connectivity index (χ3n) is 9.76. The zero-order chi connectivity index (χ0) is 35.2. The van der Waals surface area contributed by atoms with Gasteiger partial charge in [-0.05, 0) is 86.0 Å². The Kier molecular flexibility index (Phi) is 7.99. The molecule has 0 radical (unpaired) electrons. The van der Waals surface area contributed by atoms with Gasteiger partial charge in [0.25, 0.3) is 0 Å². The van der Waals surface area contributed by atoms with Gasteiger partial charge in [0.05, 0.1) is 34.3 Å². The van der Waals surface area contributed by atoms with Gasteiger partial charge in [0.1, 0.15) is 0 Å². The third kappa shape index (κ3) is 5.96. The summed E-state index contributed by atoms with van der Waals surface area (Å²) in [4.78, 5) is 14.6. The van der Waals surface area contributed by atoms with Crippen LogP contribution < -0.4 is 0 Å². The zero-order valence-corrected chi connectivity index (χ0v) is 30.1. The minimum Gasteiger partial charge on any atom is -0.354 e. The Bertz CT molecular complexity index is 2680. The first-order valence-corrected chi connectivity index (χ1v) is 18.4. The lowest BCUT2D eigenvalue weighted by atomic mass is 10.0. The number of fused-ring (bicyclic) bond motifs is 8. The number of aryl methyl sites for hydroxylation is 3. The lowest BCUT2D eigenvalue weighted by Crippen LogP contribution is -1.89. The summed E-state index contributed by atoms with van der Waals surface area (Å²) in [6.45, 7) is 6.37. The third-order valence-corrected chi connectivity index (χ3v) is 10.9. The van der Waals surface area contributed by atoms with E-state index in [2.05, 4.69) is 183 Å². The average molecular weight is 686 g/mol. The summed E-state index contributed by atoms with van der Waals surface area (Å²) in [6, 6.07) is 34.9. The van der Waals surface area contributed by atoms with Crippen molar-refractivity contribution in [3.63, 3.8) is 0 Å². The summed E-state index contributed by atoms with van der Waals surface area (Å²) in [5, 5.41) is 0. The Morgan fingerprint density at radius 3 is 1.48 bits per heavy atom. The molecule has 0 saturated heterocycles. The molecule has 2 aliphatic heterocycles. The van der Waals surface area contributed by atoms with Crippen molar-refractivity contribution < 1.29 is 0 Å². The van der Waals surface area contributed by atoms with E-state index in [1.807, 2.05) is 0 Å². The van der Waals surface area contributed by atoms with Crippen LogP contribution in [0.2, 0.25) is 0 Å². The van der Waals surface area contributed by atoms with Gasteiger partial charge in [-0.25, -0.2) is 9.97 Å². The minimum absolute atomic E-state index is 0.0781. The van der Waals surface area contributed by atoms with Crippen molar-refractivity contribution in [2.75, 3.05) is 0 Å². The molecule has 52 heavy (non-hydrogen) atoms. The lowest BCUT2D eigenvalue weighted by Gasteiger charge is -2.07. The number of aromatic amines is 1. The van der Waals surface area contributed by atoms with E-state index >= 15 is 0 Å². The van der Waals surface area contributed by atoms with E-state index in [4.69, 9.17) is 9.97 Å². The predicted octanol–water partition coefficient (Wildman–Crippen LogP) is 12.4. The number of nitrogens with one attached hydrogen (secondary N) is 1. The topological polar surface area (TPSA) is 41.6 Å². The quantitative estimate of drug-likeness (QED) is 0.188. The highest BCUT2D eigenvalue weighted by Gasteiger charge is 2.18. The molecule has 4 heteroatoms. The van der Waals surface area contributed by atoms with Crippen molar-refractivity contribution >= 4 is 56.1 Å². The summed E-state index contributed by atoms with van der Waals surface area (Å²) in [7, 11) is 0. The number of H-pyrrole nitrogens is 1. The maximum Gasteiger partial charge on any atom is 0.0808 e. The van der Waals surface area contributed by atoms with Gasteiger partial charge in [0, 0.05) is 37.1 Å². The van der Waals surface area contributed by atoms with Crippen LogP contribution >= 0.6 is 11.3 Å². The standard InChI is InChI=1S/C48H35N3S/c1-30-8-15-34(16-9-30)46-39-23-22-38(49-39)37(21-14-33-6-4-5-7-33)44-28-29-45(52-44)48(36-19-12-32(3)13-20-36)43-27-26-42(51-43)47(41-25-24-40(46)50-41)35-17-10-31(2)11-18-35/h4-13,15-20,22-29,33,50H,1-3H3. The summed E-state index contributed by atoms with van der Waals surface area (Å²) < 4.78 is 2.21. The van der Waals surface area contributed by atoms with Crippen molar-refractivity contribution in [1.29, 1.82) is 0 Å². The molecule has 0 unspecified atom stereocenters. The molecule has 0 fully saturated rings. The van der Waals surface area contributed by atoms with Gasteiger partial charge in [-0.3, -0.25) is 0 Å². The smallest absolute Gasteiger partial charge is 0.0808 e. The first-order valence-electron chi connectivity index (χ1n) is 17.6. The largest absolute Gasteiger partial charge is 0.354 e. The van der Waals surface area contributed by atoms with E-state index in [-0.39, 0.29) is 5.92 Å². The van der Waals surface area contributed by atoms with Crippen LogP contribution in [0.15, 0.2) is 121 Å². The Balaban J connectivity index is 1.44. The Labute approximate surface area is 308 Å². The molecule has 0 amide bonds. The fourth-order valence-corrected chi connectivity index (χ4v) is 8.06. The summed E-state index contributed by atoms with van der Waals surface area (Å²) in [5.74, 6) is 7.15. The van der Waals surface area contributed by atoms with Crippen molar-refractivity contribution in [3.8, 4) is 45.2 Å². The molecular formula is C48H35N3S. The van der Waals surface area contributed by atoms with E-state index in [0.717, 1.165) is 82.2 Å². The fraction of sp³-hybridized carbons (Fsp3) is 0.0833. The molecule has 3 aromatic carbocycles. The van der Waals surface area contributed by atoms with Crippen LogP contribution in [0.25, 0.3) is 78.1 Å². The number of benzene rings is 3. The Morgan fingerprint density at radius 2 is 0.942 bits per heavy atom. The molecule has 0 saturated carbocycles. The van der Waals surface area contributed by atoms with Gasteiger partial charge >= 0.3 is 0 Å². The van der Waals surface area contributed by atoms with Crippen LogP contribution in [0, 0.1) is 38.5 Å². The molecule has 5 heterocycles. The molecule has 3 aliphatic rings. The first kappa shape index (κ1) is 31.7. The second kappa shape index (κ2) is 13.1. The number of hydrogen-bond acceptors (Lipinski definition) is 3. The van der Waals surface area contributed by atoms with Crippen LogP contribution in [-0.2, 0) is 0 Å². The molecular weight excluding hydrogens is 651 g/mol. The van der Waals surface area contributed by atoms with Crippen molar-refractivity contribution in [1.82, 2.24) is 15.0 Å². The average Bonchev–Trinajstić information content (AvgIpc) is 4.01. The van der Waals surface area contributed by atoms with Gasteiger partial charge in [-0.1, -0.05) is 126 Å². The van der Waals surface area contributed by atoms with E-state index in [9.17, 15) is 0 Å². The molecule has 0 atom stereocenters. The van der Waals surface area contributed by atoms with Crippen molar-refractivity contribution in [2.45, 2.75) is 20.8 Å². The van der Waals surface area contributed by atoms with Crippen LogP contribution in [-0.4, -0.2) is 15.0 Å². The van der Waals surface area contributed by atoms with E-state index in [1.54, 1.807) is 11.3 Å². The molecule has 0 spiro atoms. The maximum absolute atomic E-state index is 5.42. The highest BCUT2D eigenvalue weighted by molar-refractivity contribution is 7.24. The normalized spacial score (nSPS) is 13.1. The van der Waals surface area contributed by atoms with Gasteiger partial charge in [0.2, 0.25) is 0 Å². The van der Waals surface area contributed by atoms with Crippen molar-refractivity contribution in [3.05, 3.63) is 166 Å². The van der Waals surface area contributed by atoms with Gasteiger partial charge in [0.15, 0.2) is 0 Å². The zero-order valence-electron chi connectivity index (χ0n) is 29.2. The maximum atomic E-state index is 5.42. The molecule has 3 nitrogen and oxygen atoms in total. The molecule has 6 aromatic rings. The van der Waals surface area contributed by atoms with Gasteiger partial charge < -0.3 is 4.98 Å². The number of aromatic nitrogens is 3. The monoisotopic (exact) mass is 685 g/mol. The minimum atomic E-state index is 0.0781. The second-order valence-corrected chi connectivity index (χ2v) is 14.6. The molecule has 8 bridgehead atoms. The van der Waals surface area contributed by atoms with E-state index in [1.165, 1.54) is 16.7 Å². The van der Waals surface area contributed by atoms with Crippen LogP contribution in [0.4, 0.5) is 0 Å². The first-order chi connectivity index (χ1) is 25.5. The Hall–Kier alpha value is -6.28. The molecule has 1 aliphatic carbocycles. The number of hydrogen-bond donors (Lipinski definition) is 1. The molecule has 248 valence electrons. The summed E-state index contributed by atoms with van der Waals surface area (Å²) in [6.07, 6.45) is 17.0. The number of nitrogens with zero attached hydrogens (tertiary/aromatic N) is 2. The summed E-state index contributed by atoms with van der Waals surface area (Å²) in [5.41, 5.74) is 16.7. The highest BCUT2D eigenvalue weighted by Crippen LogP contribution is 2.39. The van der Waals surface area contributed by atoms with Crippen LogP contribution in [0.1, 0.15) is 45.0 Å². The van der Waals surface area contributed by atoms with E-state index < -0.39 is 0 Å². The predicted molar refractivity (Wildman–Crippen MR) is 222 cm³/mol. The van der Waals surface area contributed by atoms with Gasteiger partial charge in [-0.2, -0.15) is 0 Å². The molecule has 1 N–H and O–H groups in total. The van der Waals surface area contributed by atoms with Crippen LogP contribution in [0.3, 0.4) is 0 Å². The SMILES string of the molecule is Cc1ccc(-c2c3nc(c(C#CC4C=CC=C4)c4ccc(s4)c(-c4ccc(C)cc4)c4nc(c(-c5ccc(C)cc5)c5ccc2[nH]5)C=C4)C=C3)cc1. The van der Waals surface area contributed by atoms with Crippen molar-refractivity contribution in [2.24, 2.45) is 5.92 Å². The number of allylic oxidation sites excluding steroid dienone is 4. The fourth-order valence-electron chi connectivity index (χ4n) is 6.97. The lowest BCUT2D eigenvalue weighted by molar-refractivity contribution is 1.15. The van der Waals surface area contributed by atoms with Gasteiger partial charge in [-0.15, -0.1) is 11.3 Å². The number of rotatable bonds is 3.